The van der Waals surface area contributed by atoms with E-state index in [1.165, 1.54) is 6.42 Å². The molecule has 2 aromatic heterocycles. The van der Waals surface area contributed by atoms with Crippen LogP contribution in [-0.2, 0) is 6.54 Å². The Morgan fingerprint density at radius 1 is 1.28 bits per heavy atom. The van der Waals surface area contributed by atoms with Crippen molar-refractivity contribution in [3.63, 3.8) is 0 Å². The standard InChI is InChI=1S/C23H27N3O3/c1-28-19-7-9-21-20(13-19)23(27)26(15-17-5-2-4-16(12-17)14-24)22(25-21)10-8-18-6-3-11-29-18/h3,6-11,13,16-17H,2,4-5,12,14-15,24H2,1H3. The van der Waals surface area contributed by atoms with E-state index in [9.17, 15) is 4.79 Å². The quantitative estimate of drug-likeness (QED) is 0.686. The van der Waals surface area contributed by atoms with Crippen molar-refractivity contribution >= 4 is 23.1 Å². The summed E-state index contributed by atoms with van der Waals surface area (Å²) in [5, 5.41) is 0.575. The second kappa shape index (κ2) is 8.66. The van der Waals surface area contributed by atoms with Crippen LogP contribution < -0.4 is 16.0 Å². The fourth-order valence-corrected chi connectivity index (χ4v) is 4.23. The van der Waals surface area contributed by atoms with E-state index < -0.39 is 0 Å². The van der Waals surface area contributed by atoms with Gasteiger partial charge in [0.05, 0.1) is 24.3 Å². The average Bonchev–Trinajstić information content (AvgIpc) is 3.28. The molecular formula is C23H27N3O3. The zero-order valence-electron chi connectivity index (χ0n) is 16.7. The molecule has 2 atom stereocenters. The number of hydrogen-bond donors (Lipinski definition) is 1. The molecule has 1 aromatic carbocycles. The molecule has 0 aliphatic heterocycles. The molecule has 6 heteroatoms. The lowest BCUT2D eigenvalue weighted by Crippen LogP contribution is -2.31. The number of fused-ring (bicyclic) bond motifs is 1. The Kier molecular flexibility index (Phi) is 5.81. The van der Waals surface area contributed by atoms with Crippen molar-refractivity contribution in [2.24, 2.45) is 17.6 Å². The van der Waals surface area contributed by atoms with Crippen LogP contribution >= 0.6 is 0 Å². The molecule has 0 amide bonds. The maximum Gasteiger partial charge on any atom is 0.261 e. The minimum Gasteiger partial charge on any atom is -0.497 e. The first kappa shape index (κ1) is 19.5. The number of furan rings is 1. The van der Waals surface area contributed by atoms with Gasteiger partial charge in [-0.3, -0.25) is 9.36 Å². The van der Waals surface area contributed by atoms with E-state index in [4.69, 9.17) is 19.9 Å². The Morgan fingerprint density at radius 3 is 2.90 bits per heavy atom. The van der Waals surface area contributed by atoms with Crippen molar-refractivity contribution in [2.45, 2.75) is 32.2 Å². The summed E-state index contributed by atoms with van der Waals surface area (Å²) in [5.74, 6) is 2.99. The summed E-state index contributed by atoms with van der Waals surface area (Å²) in [6.07, 6.45) is 9.83. The molecule has 4 rings (SSSR count). The van der Waals surface area contributed by atoms with Crippen LogP contribution in [0.1, 0.15) is 37.3 Å². The van der Waals surface area contributed by atoms with E-state index in [0.29, 0.717) is 47.4 Å². The van der Waals surface area contributed by atoms with E-state index in [0.717, 1.165) is 25.0 Å². The number of benzene rings is 1. The molecule has 1 saturated carbocycles. The molecule has 2 N–H and O–H groups in total. The van der Waals surface area contributed by atoms with E-state index in [1.807, 2.05) is 36.4 Å². The van der Waals surface area contributed by atoms with Gasteiger partial charge in [-0.1, -0.05) is 6.42 Å². The summed E-state index contributed by atoms with van der Waals surface area (Å²) in [5.41, 5.74) is 6.53. The number of ether oxygens (including phenoxy) is 1. The van der Waals surface area contributed by atoms with E-state index in [2.05, 4.69) is 0 Å². The first-order valence-electron chi connectivity index (χ1n) is 10.2. The molecule has 152 valence electrons. The Bertz CT molecular complexity index is 1050. The van der Waals surface area contributed by atoms with E-state index >= 15 is 0 Å². The van der Waals surface area contributed by atoms with Gasteiger partial charge in [0, 0.05) is 6.54 Å². The molecule has 2 unspecified atom stereocenters. The van der Waals surface area contributed by atoms with Crippen LogP contribution in [0.25, 0.3) is 23.1 Å². The fraction of sp³-hybridized carbons (Fsp3) is 0.391. The van der Waals surface area contributed by atoms with Crippen LogP contribution in [0.15, 0.2) is 45.8 Å². The summed E-state index contributed by atoms with van der Waals surface area (Å²) >= 11 is 0. The number of hydrogen-bond acceptors (Lipinski definition) is 5. The maximum atomic E-state index is 13.4. The third-order valence-electron chi connectivity index (χ3n) is 5.80. The van der Waals surface area contributed by atoms with E-state index in [1.54, 1.807) is 24.0 Å². The van der Waals surface area contributed by atoms with Crippen LogP contribution in [0.5, 0.6) is 5.75 Å². The molecule has 1 aliphatic carbocycles. The second-order valence-corrected chi connectivity index (χ2v) is 7.75. The molecule has 0 spiro atoms. The summed E-state index contributed by atoms with van der Waals surface area (Å²) < 4.78 is 12.5. The monoisotopic (exact) mass is 393 g/mol. The van der Waals surface area contributed by atoms with Gasteiger partial charge in [-0.05, 0) is 80.1 Å². The predicted molar refractivity (Wildman–Crippen MR) is 115 cm³/mol. The van der Waals surface area contributed by atoms with Gasteiger partial charge in [0.2, 0.25) is 0 Å². The fourth-order valence-electron chi connectivity index (χ4n) is 4.23. The third-order valence-corrected chi connectivity index (χ3v) is 5.80. The lowest BCUT2D eigenvalue weighted by molar-refractivity contribution is 0.245. The van der Waals surface area contributed by atoms with Gasteiger partial charge in [0.15, 0.2) is 0 Å². The minimum atomic E-state index is -0.0390. The van der Waals surface area contributed by atoms with Gasteiger partial charge in [-0.2, -0.15) is 0 Å². The molecule has 0 radical (unpaired) electrons. The summed E-state index contributed by atoms with van der Waals surface area (Å²) in [7, 11) is 1.60. The predicted octanol–water partition coefficient (Wildman–Crippen LogP) is 3.93. The topological polar surface area (TPSA) is 83.3 Å². The normalized spacial score (nSPS) is 19.8. The van der Waals surface area contributed by atoms with Gasteiger partial charge >= 0.3 is 0 Å². The van der Waals surface area contributed by atoms with Crippen LogP contribution in [0.2, 0.25) is 0 Å². The third kappa shape index (κ3) is 4.27. The van der Waals surface area contributed by atoms with Crippen molar-refractivity contribution in [3.05, 3.63) is 58.5 Å². The Labute approximate surface area is 170 Å². The zero-order valence-corrected chi connectivity index (χ0v) is 16.7. The number of nitrogens with two attached hydrogens (primary N) is 1. The number of methoxy groups -OCH3 is 1. The van der Waals surface area contributed by atoms with Gasteiger partial charge in [-0.15, -0.1) is 0 Å². The van der Waals surface area contributed by atoms with Crippen molar-refractivity contribution < 1.29 is 9.15 Å². The maximum absolute atomic E-state index is 13.4. The van der Waals surface area contributed by atoms with Crippen molar-refractivity contribution in [3.8, 4) is 5.75 Å². The second-order valence-electron chi connectivity index (χ2n) is 7.75. The van der Waals surface area contributed by atoms with E-state index in [-0.39, 0.29) is 5.56 Å². The molecule has 0 bridgehead atoms. The summed E-state index contributed by atoms with van der Waals surface area (Å²) in [6.45, 7) is 1.36. The van der Waals surface area contributed by atoms with Gasteiger partial charge in [0.25, 0.3) is 5.56 Å². The zero-order chi connectivity index (χ0) is 20.2. The van der Waals surface area contributed by atoms with Gasteiger partial charge in [-0.25, -0.2) is 4.98 Å². The lowest BCUT2D eigenvalue weighted by atomic mass is 9.81. The Balaban J connectivity index is 1.76. The highest BCUT2D eigenvalue weighted by Crippen LogP contribution is 2.30. The average molecular weight is 393 g/mol. The van der Waals surface area contributed by atoms with Crippen molar-refractivity contribution in [1.29, 1.82) is 0 Å². The van der Waals surface area contributed by atoms with Gasteiger partial charge in [0.1, 0.15) is 17.3 Å². The molecule has 0 saturated heterocycles. The smallest absolute Gasteiger partial charge is 0.261 e. The summed E-state index contributed by atoms with van der Waals surface area (Å²) in [6, 6.07) is 9.13. The molecule has 2 heterocycles. The van der Waals surface area contributed by atoms with Gasteiger partial charge < -0.3 is 14.9 Å². The number of nitrogens with zero attached hydrogens (tertiary/aromatic N) is 2. The summed E-state index contributed by atoms with van der Waals surface area (Å²) in [4.78, 5) is 18.2. The highest BCUT2D eigenvalue weighted by atomic mass is 16.5. The number of rotatable bonds is 6. The lowest BCUT2D eigenvalue weighted by Gasteiger charge is -2.29. The van der Waals surface area contributed by atoms with Crippen molar-refractivity contribution in [2.75, 3.05) is 13.7 Å². The first-order valence-corrected chi connectivity index (χ1v) is 10.2. The highest BCUT2D eigenvalue weighted by molar-refractivity contribution is 5.80. The Hall–Kier alpha value is -2.86. The van der Waals surface area contributed by atoms with Crippen LogP contribution in [0, 0.1) is 11.8 Å². The van der Waals surface area contributed by atoms with Crippen LogP contribution in [0.4, 0.5) is 0 Å². The number of aromatic nitrogens is 2. The highest BCUT2D eigenvalue weighted by Gasteiger charge is 2.23. The van der Waals surface area contributed by atoms with Crippen LogP contribution in [-0.4, -0.2) is 23.2 Å². The molecule has 1 aliphatic rings. The molecular weight excluding hydrogens is 366 g/mol. The van der Waals surface area contributed by atoms with Crippen LogP contribution in [0.3, 0.4) is 0 Å². The molecule has 1 fully saturated rings. The van der Waals surface area contributed by atoms with Crippen molar-refractivity contribution in [1.82, 2.24) is 9.55 Å². The largest absolute Gasteiger partial charge is 0.497 e. The molecule has 3 aromatic rings. The Morgan fingerprint density at radius 2 is 2.14 bits per heavy atom. The first-order chi connectivity index (χ1) is 14.2. The molecule has 6 nitrogen and oxygen atoms in total. The SMILES string of the molecule is COc1ccc2nc(C=Cc3ccco3)n(CC3CCCC(CN)C3)c(=O)c2c1. The molecule has 29 heavy (non-hydrogen) atoms. The minimum absolute atomic E-state index is 0.0390.